The van der Waals surface area contributed by atoms with Gasteiger partial charge in [-0.25, -0.2) is 0 Å². The summed E-state index contributed by atoms with van der Waals surface area (Å²) in [6, 6.07) is 9.52. The molecule has 0 aliphatic carbocycles. The van der Waals surface area contributed by atoms with Gasteiger partial charge >= 0.3 is 0 Å². The first-order valence-corrected chi connectivity index (χ1v) is 7.34. The van der Waals surface area contributed by atoms with Crippen molar-refractivity contribution in [2.24, 2.45) is 5.73 Å². The van der Waals surface area contributed by atoms with Crippen LogP contribution in [0.15, 0.2) is 30.3 Å². The summed E-state index contributed by atoms with van der Waals surface area (Å²) in [5.41, 5.74) is 5.33. The number of rotatable bonds is 5. The summed E-state index contributed by atoms with van der Waals surface area (Å²) in [5.74, 6) is 0.869. The second-order valence-electron chi connectivity index (χ2n) is 5.92. The van der Waals surface area contributed by atoms with Crippen molar-refractivity contribution in [2.45, 2.75) is 32.0 Å². The van der Waals surface area contributed by atoms with Crippen LogP contribution in [0.1, 0.15) is 20.3 Å². The molecule has 0 bridgehead atoms. The minimum absolute atomic E-state index is 0.0840. The average Bonchev–Trinajstić information content (AvgIpc) is 2.46. The quantitative estimate of drug-likeness (QED) is 0.891. The molecular formula is C16H24N2O3. The number of morpholine rings is 1. The summed E-state index contributed by atoms with van der Waals surface area (Å²) in [6.45, 7) is 5.92. The standard InChI is InChI=1S/C16H24N2O3/c1-16(2)12-18(11-14(10-17)21-16)15(19)8-9-20-13-6-4-3-5-7-13/h3-7,14H,8-12,17H2,1-2H3. The van der Waals surface area contributed by atoms with Crippen LogP contribution in [0.2, 0.25) is 0 Å². The van der Waals surface area contributed by atoms with Gasteiger partial charge in [-0.05, 0) is 26.0 Å². The summed E-state index contributed by atoms with van der Waals surface area (Å²) in [5, 5.41) is 0. The fourth-order valence-corrected chi connectivity index (χ4v) is 2.54. The van der Waals surface area contributed by atoms with Gasteiger partial charge in [-0.2, -0.15) is 0 Å². The van der Waals surface area contributed by atoms with Gasteiger partial charge in [0, 0.05) is 19.6 Å². The van der Waals surface area contributed by atoms with Gasteiger partial charge in [-0.3, -0.25) is 4.79 Å². The van der Waals surface area contributed by atoms with E-state index in [1.165, 1.54) is 0 Å². The molecule has 0 spiro atoms. The Bertz CT molecular complexity index is 462. The molecule has 1 amide bonds. The molecule has 2 rings (SSSR count). The Kier molecular flexibility index (Phi) is 5.20. The third kappa shape index (κ3) is 4.72. The van der Waals surface area contributed by atoms with Crippen LogP contribution in [-0.4, -0.2) is 48.8 Å². The Morgan fingerprint density at radius 1 is 1.43 bits per heavy atom. The maximum atomic E-state index is 12.3. The van der Waals surface area contributed by atoms with Gasteiger partial charge in [0.1, 0.15) is 5.75 Å². The normalized spacial score (nSPS) is 21.1. The molecule has 0 aromatic heterocycles. The van der Waals surface area contributed by atoms with Crippen molar-refractivity contribution in [2.75, 3.05) is 26.2 Å². The van der Waals surface area contributed by atoms with Gasteiger partial charge in [0.25, 0.3) is 0 Å². The molecule has 1 aliphatic heterocycles. The summed E-state index contributed by atoms with van der Waals surface area (Å²) >= 11 is 0. The molecule has 2 N–H and O–H groups in total. The van der Waals surface area contributed by atoms with Crippen molar-refractivity contribution in [1.29, 1.82) is 0 Å². The van der Waals surface area contributed by atoms with Crippen molar-refractivity contribution >= 4 is 5.91 Å². The van der Waals surface area contributed by atoms with Crippen LogP contribution in [0.5, 0.6) is 5.75 Å². The van der Waals surface area contributed by atoms with Crippen molar-refractivity contribution < 1.29 is 14.3 Å². The number of carbonyl (C=O) groups excluding carboxylic acids is 1. The Morgan fingerprint density at radius 2 is 2.14 bits per heavy atom. The van der Waals surface area contributed by atoms with Gasteiger partial charge in [-0.1, -0.05) is 18.2 Å². The van der Waals surface area contributed by atoms with E-state index >= 15 is 0 Å². The van der Waals surface area contributed by atoms with E-state index < -0.39 is 0 Å². The van der Waals surface area contributed by atoms with E-state index in [4.69, 9.17) is 15.2 Å². The van der Waals surface area contributed by atoms with Crippen LogP contribution in [-0.2, 0) is 9.53 Å². The Balaban J connectivity index is 1.82. The number of hydrogen-bond acceptors (Lipinski definition) is 4. The van der Waals surface area contributed by atoms with Gasteiger partial charge in [0.05, 0.1) is 24.7 Å². The number of para-hydroxylation sites is 1. The number of ether oxygens (including phenoxy) is 2. The Hall–Kier alpha value is -1.59. The van der Waals surface area contributed by atoms with Crippen LogP contribution >= 0.6 is 0 Å². The van der Waals surface area contributed by atoms with Gasteiger partial charge in [0.15, 0.2) is 0 Å². The predicted molar refractivity (Wildman–Crippen MR) is 81.1 cm³/mol. The lowest BCUT2D eigenvalue weighted by atomic mass is 10.0. The van der Waals surface area contributed by atoms with Gasteiger partial charge in [-0.15, -0.1) is 0 Å². The minimum atomic E-state index is -0.349. The summed E-state index contributed by atoms with van der Waals surface area (Å²) in [4.78, 5) is 14.1. The minimum Gasteiger partial charge on any atom is -0.493 e. The molecule has 1 fully saturated rings. The third-order valence-electron chi connectivity index (χ3n) is 3.42. The zero-order valence-electron chi connectivity index (χ0n) is 12.7. The fraction of sp³-hybridized carbons (Fsp3) is 0.562. The van der Waals surface area contributed by atoms with E-state index in [1.54, 1.807) is 0 Å². The number of hydrogen-bond donors (Lipinski definition) is 1. The highest BCUT2D eigenvalue weighted by Gasteiger charge is 2.34. The highest BCUT2D eigenvalue weighted by atomic mass is 16.5. The van der Waals surface area contributed by atoms with Crippen molar-refractivity contribution in [3.05, 3.63) is 30.3 Å². The number of amides is 1. The maximum Gasteiger partial charge on any atom is 0.226 e. The molecule has 5 nitrogen and oxygen atoms in total. The molecule has 1 aromatic rings. The maximum absolute atomic E-state index is 12.3. The van der Waals surface area contributed by atoms with Crippen molar-refractivity contribution in [1.82, 2.24) is 4.90 Å². The summed E-state index contributed by atoms with van der Waals surface area (Å²) < 4.78 is 11.4. The highest BCUT2D eigenvalue weighted by Crippen LogP contribution is 2.21. The lowest BCUT2D eigenvalue weighted by Gasteiger charge is -2.42. The van der Waals surface area contributed by atoms with E-state index in [2.05, 4.69) is 0 Å². The van der Waals surface area contributed by atoms with Crippen LogP contribution in [0.25, 0.3) is 0 Å². The first kappa shape index (κ1) is 15.8. The molecule has 1 heterocycles. The largest absolute Gasteiger partial charge is 0.493 e. The molecule has 1 aromatic carbocycles. The van der Waals surface area contributed by atoms with E-state index in [1.807, 2.05) is 49.1 Å². The SMILES string of the molecule is CC1(C)CN(C(=O)CCOc2ccccc2)CC(CN)O1. The highest BCUT2D eigenvalue weighted by molar-refractivity contribution is 5.76. The monoisotopic (exact) mass is 292 g/mol. The number of benzene rings is 1. The molecular weight excluding hydrogens is 268 g/mol. The summed E-state index contributed by atoms with van der Waals surface area (Å²) in [6.07, 6.45) is 0.273. The zero-order valence-corrected chi connectivity index (χ0v) is 12.7. The molecule has 1 saturated heterocycles. The van der Waals surface area contributed by atoms with E-state index in [0.717, 1.165) is 5.75 Å². The summed E-state index contributed by atoms with van der Waals surface area (Å²) in [7, 11) is 0. The molecule has 5 heteroatoms. The second-order valence-corrected chi connectivity index (χ2v) is 5.92. The molecule has 1 unspecified atom stereocenters. The van der Waals surface area contributed by atoms with Crippen LogP contribution in [0.3, 0.4) is 0 Å². The number of nitrogens with two attached hydrogens (primary N) is 1. The first-order chi connectivity index (χ1) is 10.00. The first-order valence-electron chi connectivity index (χ1n) is 7.34. The third-order valence-corrected chi connectivity index (χ3v) is 3.42. The van der Waals surface area contributed by atoms with Crippen molar-refractivity contribution in [3.63, 3.8) is 0 Å². The smallest absolute Gasteiger partial charge is 0.226 e. The predicted octanol–water partition coefficient (Wildman–Crippen LogP) is 1.42. The van der Waals surface area contributed by atoms with E-state index in [0.29, 0.717) is 32.7 Å². The molecule has 0 radical (unpaired) electrons. The van der Waals surface area contributed by atoms with Crippen LogP contribution < -0.4 is 10.5 Å². The molecule has 116 valence electrons. The van der Waals surface area contributed by atoms with Gasteiger partial charge in [0.2, 0.25) is 5.91 Å². The zero-order chi connectivity index (χ0) is 15.3. The van der Waals surface area contributed by atoms with Crippen molar-refractivity contribution in [3.8, 4) is 5.75 Å². The molecule has 1 aliphatic rings. The van der Waals surface area contributed by atoms with Gasteiger partial charge < -0.3 is 20.1 Å². The lowest BCUT2D eigenvalue weighted by molar-refractivity contribution is -0.159. The average molecular weight is 292 g/mol. The van der Waals surface area contributed by atoms with Crippen LogP contribution in [0, 0.1) is 0 Å². The van der Waals surface area contributed by atoms with E-state index in [9.17, 15) is 4.79 Å². The lowest BCUT2D eigenvalue weighted by Crippen LogP contribution is -2.56. The van der Waals surface area contributed by atoms with E-state index in [-0.39, 0.29) is 17.6 Å². The fourth-order valence-electron chi connectivity index (χ4n) is 2.54. The second kappa shape index (κ2) is 6.91. The Morgan fingerprint density at radius 3 is 2.81 bits per heavy atom. The molecule has 0 saturated carbocycles. The number of carbonyl (C=O) groups is 1. The molecule has 1 atom stereocenters. The van der Waals surface area contributed by atoms with Crippen LogP contribution in [0.4, 0.5) is 0 Å². The Labute approximate surface area is 126 Å². The molecule has 21 heavy (non-hydrogen) atoms. The topological polar surface area (TPSA) is 64.8 Å². The number of nitrogens with zero attached hydrogens (tertiary/aromatic N) is 1.